The van der Waals surface area contributed by atoms with Crippen LogP contribution in [0.5, 0.6) is 0 Å². The van der Waals surface area contributed by atoms with E-state index in [4.69, 9.17) is 0 Å². The molecule has 1 fully saturated rings. The molecule has 1 aromatic carbocycles. The number of nitrogens with one attached hydrogen (secondary N) is 1. The van der Waals surface area contributed by atoms with E-state index in [1.54, 1.807) is 4.90 Å². The van der Waals surface area contributed by atoms with Crippen molar-refractivity contribution < 1.29 is 4.79 Å². The van der Waals surface area contributed by atoms with E-state index in [1.807, 2.05) is 19.2 Å². The van der Waals surface area contributed by atoms with E-state index in [0.717, 1.165) is 24.1 Å². The van der Waals surface area contributed by atoms with Crippen LogP contribution in [0.4, 0.5) is 5.69 Å². The molecule has 0 spiro atoms. The number of fused-ring (bicyclic) bond motifs is 1. The number of para-hydroxylation sites is 1. The van der Waals surface area contributed by atoms with Crippen molar-refractivity contribution in [3.05, 3.63) is 29.8 Å². The first-order valence-corrected chi connectivity index (χ1v) is 8.25. The lowest BCUT2D eigenvalue weighted by atomic mass is 9.80. The number of anilines is 1. The topological polar surface area (TPSA) is 32.3 Å². The minimum Gasteiger partial charge on any atom is -0.315 e. The van der Waals surface area contributed by atoms with Crippen LogP contribution in [0, 0.1) is 11.8 Å². The van der Waals surface area contributed by atoms with E-state index in [0.29, 0.717) is 6.42 Å². The van der Waals surface area contributed by atoms with Gasteiger partial charge in [-0.1, -0.05) is 44.4 Å². The normalized spacial score (nSPS) is 29.3. The van der Waals surface area contributed by atoms with Crippen molar-refractivity contribution in [3.63, 3.8) is 0 Å². The minimum absolute atomic E-state index is 0.180. The summed E-state index contributed by atoms with van der Waals surface area (Å²) in [5.74, 6) is 1.78. The highest BCUT2D eigenvalue weighted by Crippen LogP contribution is 2.34. The van der Waals surface area contributed by atoms with Crippen LogP contribution in [0.15, 0.2) is 24.3 Å². The molecule has 1 aromatic rings. The third-order valence-electron chi connectivity index (χ3n) is 5.34. The Hall–Kier alpha value is -1.35. The summed E-state index contributed by atoms with van der Waals surface area (Å²) in [5, 5.41) is 3.68. The summed E-state index contributed by atoms with van der Waals surface area (Å²) in [7, 11) is 1.88. The molecule has 3 unspecified atom stereocenters. The molecule has 3 heteroatoms. The van der Waals surface area contributed by atoms with Crippen LogP contribution in [0.1, 0.15) is 50.6 Å². The minimum atomic E-state index is 0.180. The van der Waals surface area contributed by atoms with Crippen LogP contribution in [0.25, 0.3) is 0 Å². The fraction of sp³-hybridized carbons (Fsp3) is 0.611. The van der Waals surface area contributed by atoms with Crippen LogP contribution >= 0.6 is 0 Å². The Balaban J connectivity index is 1.71. The monoisotopic (exact) mass is 286 g/mol. The summed E-state index contributed by atoms with van der Waals surface area (Å²) in [6.45, 7) is 3.41. The van der Waals surface area contributed by atoms with Crippen molar-refractivity contribution >= 4 is 11.6 Å². The largest absolute Gasteiger partial charge is 0.315 e. The Morgan fingerprint density at radius 1 is 1.24 bits per heavy atom. The molecule has 1 saturated carbocycles. The van der Waals surface area contributed by atoms with Gasteiger partial charge in [-0.15, -0.1) is 0 Å². The van der Waals surface area contributed by atoms with Gasteiger partial charge in [0.15, 0.2) is 0 Å². The molecule has 1 N–H and O–H groups in total. The van der Waals surface area contributed by atoms with Gasteiger partial charge < -0.3 is 10.2 Å². The number of hydrogen-bond donors (Lipinski definition) is 1. The molecule has 0 saturated heterocycles. The summed E-state index contributed by atoms with van der Waals surface area (Å²) in [6.07, 6.45) is 6.01. The third-order valence-corrected chi connectivity index (χ3v) is 5.34. The second-order valence-electron chi connectivity index (χ2n) is 6.70. The Labute approximate surface area is 127 Å². The zero-order valence-corrected chi connectivity index (χ0v) is 13.1. The lowest BCUT2D eigenvalue weighted by molar-refractivity contribution is -0.119. The van der Waals surface area contributed by atoms with Gasteiger partial charge >= 0.3 is 0 Å². The number of carbonyl (C=O) groups is 1. The molecule has 3 nitrogen and oxygen atoms in total. The van der Waals surface area contributed by atoms with E-state index in [2.05, 4.69) is 24.4 Å². The number of hydrogen-bond acceptors (Lipinski definition) is 2. The number of carbonyl (C=O) groups excluding carboxylic acids is 1. The molecule has 2 aliphatic rings. The summed E-state index contributed by atoms with van der Waals surface area (Å²) in [5.41, 5.74) is 2.33. The van der Waals surface area contributed by atoms with Crippen LogP contribution in [-0.2, 0) is 4.79 Å². The first kappa shape index (κ1) is 14.6. The van der Waals surface area contributed by atoms with Crippen LogP contribution in [0.3, 0.4) is 0 Å². The fourth-order valence-electron chi connectivity index (χ4n) is 3.82. The Kier molecular flexibility index (Phi) is 4.29. The maximum Gasteiger partial charge on any atom is 0.228 e. The van der Waals surface area contributed by atoms with Gasteiger partial charge in [-0.3, -0.25) is 4.79 Å². The summed E-state index contributed by atoms with van der Waals surface area (Å²) >= 11 is 0. The highest BCUT2D eigenvalue weighted by Gasteiger charge is 2.30. The van der Waals surface area contributed by atoms with Crippen molar-refractivity contribution in [1.29, 1.82) is 0 Å². The molecule has 1 aliphatic carbocycles. The lowest BCUT2D eigenvalue weighted by Crippen LogP contribution is -2.40. The fourth-order valence-corrected chi connectivity index (χ4v) is 3.82. The SMILES string of the molecule is CC1CCCCC1CNC1CC(=O)N(C)c2ccccc21. The smallest absolute Gasteiger partial charge is 0.228 e. The molecule has 1 heterocycles. The highest BCUT2D eigenvalue weighted by molar-refractivity contribution is 5.96. The average Bonchev–Trinajstić information content (AvgIpc) is 2.51. The van der Waals surface area contributed by atoms with Gasteiger partial charge in [0.25, 0.3) is 0 Å². The summed E-state index contributed by atoms with van der Waals surface area (Å²) < 4.78 is 0. The zero-order valence-electron chi connectivity index (χ0n) is 13.1. The van der Waals surface area contributed by atoms with Gasteiger partial charge in [0.2, 0.25) is 5.91 Å². The van der Waals surface area contributed by atoms with Crippen molar-refractivity contribution in [3.8, 4) is 0 Å². The maximum absolute atomic E-state index is 12.2. The van der Waals surface area contributed by atoms with Gasteiger partial charge in [0, 0.05) is 25.2 Å². The molecule has 3 atom stereocenters. The molecule has 0 aromatic heterocycles. The van der Waals surface area contributed by atoms with E-state index < -0.39 is 0 Å². The van der Waals surface area contributed by atoms with Gasteiger partial charge in [0.1, 0.15) is 0 Å². The molecule has 1 amide bonds. The van der Waals surface area contributed by atoms with E-state index in [9.17, 15) is 4.79 Å². The van der Waals surface area contributed by atoms with Crippen molar-refractivity contribution in [2.45, 2.75) is 45.1 Å². The van der Waals surface area contributed by atoms with E-state index in [-0.39, 0.29) is 11.9 Å². The van der Waals surface area contributed by atoms with Gasteiger partial charge in [-0.2, -0.15) is 0 Å². The number of rotatable bonds is 3. The van der Waals surface area contributed by atoms with Crippen molar-refractivity contribution in [2.24, 2.45) is 11.8 Å². The van der Waals surface area contributed by atoms with Gasteiger partial charge in [-0.25, -0.2) is 0 Å². The highest BCUT2D eigenvalue weighted by atomic mass is 16.2. The summed E-state index contributed by atoms with van der Waals surface area (Å²) in [4.78, 5) is 14.0. The Morgan fingerprint density at radius 3 is 2.81 bits per heavy atom. The predicted molar refractivity (Wildman–Crippen MR) is 86.3 cm³/mol. The Morgan fingerprint density at radius 2 is 2.00 bits per heavy atom. The molecule has 3 rings (SSSR count). The van der Waals surface area contributed by atoms with Crippen LogP contribution < -0.4 is 10.2 Å². The van der Waals surface area contributed by atoms with Gasteiger partial charge in [0.05, 0.1) is 0 Å². The second kappa shape index (κ2) is 6.18. The molecular weight excluding hydrogens is 260 g/mol. The molecule has 1 aliphatic heterocycles. The maximum atomic E-state index is 12.2. The predicted octanol–water partition coefficient (Wildman–Crippen LogP) is 3.51. The lowest BCUT2D eigenvalue weighted by Gasteiger charge is -2.35. The van der Waals surface area contributed by atoms with Gasteiger partial charge in [-0.05, 0) is 36.4 Å². The zero-order chi connectivity index (χ0) is 14.8. The van der Waals surface area contributed by atoms with E-state index >= 15 is 0 Å². The molecule has 21 heavy (non-hydrogen) atoms. The van der Waals surface area contributed by atoms with Crippen molar-refractivity contribution in [1.82, 2.24) is 5.32 Å². The number of nitrogens with zero attached hydrogens (tertiary/aromatic N) is 1. The van der Waals surface area contributed by atoms with Crippen LogP contribution in [0.2, 0.25) is 0 Å². The standard InChI is InChI=1S/C18H26N2O/c1-13-7-3-4-8-14(13)12-19-16-11-18(21)20(2)17-10-6-5-9-15(16)17/h5-6,9-10,13-14,16,19H,3-4,7-8,11-12H2,1-2H3. The Bertz CT molecular complexity index is 514. The third kappa shape index (κ3) is 2.98. The van der Waals surface area contributed by atoms with Crippen LogP contribution in [-0.4, -0.2) is 19.5 Å². The molecule has 0 bridgehead atoms. The molecule has 114 valence electrons. The number of amides is 1. The van der Waals surface area contributed by atoms with E-state index in [1.165, 1.54) is 31.2 Å². The first-order chi connectivity index (χ1) is 10.2. The van der Waals surface area contributed by atoms with Crippen molar-refractivity contribution in [2.75, 3.05) is 18.5 Å². The number of benzene rings is 1. The molecular formula is C18H26N2O. The average molecular weight is 286 g/mol. The first-order valence-electron chi connectivity index (χ1n) is 8.25. The molecule has 0 radical (unpaired) electrons. The summed E-state index contributed by atoms with van der Waals surface area (Å²) in [6, 6.07) is 8.46. The quantitative estimate of drug-likeness (QED) is 0.922. The second-order valence-corrected chi connectivity index (χ2v) is 6.70.